The number of halogens is 1. The third kappa shape index (κ3) is 2.73. The molecule has 8 heteroatoms. The van der Waals surface area contributed by atoms with E-state index in [4.69, 9.17) is 25.8 Å². The predicted molar refractivity (Wildman–Crippen MR) is 128 cm³/mol. The number of methoxy groups -OCH3 is 2. The average molecular weight is 481 g/mol. The molecule has 2 atom stereocenters. The quantitative estimate of drug-likeness (QED) is 0.503. The minimum Gasteiger partial charge on any atom is -0.496 e. The summed E-state index contributed by atoms with van der Waals surface area (Å²) < 4.78 is 18.8. The number of Topliss-reactive ketones (excluding diaryl/α,β-unsaturated/α-hetero) is 2. The number of hydrogen-bond acceptors (Lipinski definition) is 6. The Morgan fingerprint density at radius 3 is 2.29 bits per heavy atom. The van der Waals surface area contributed by atoms with Gasteiger partial charge in [-0.3, -0.25) is 14.3 Å². The third-order valence-electron chi connectivity index (χ3n) is 7.01. The Morgan fingerprint density at radius 2 is 1.68 bits per heavy atom. The van der Waals surface area contributed by atoms with Crippen molar-refractivity contribution < 1.29 is 23.8 Å². The van der Waals surface area contributed by atoms with Crippen LogP contribution in [0.4, 0.5) is 0 Å². The van der Waals surface area contributed by atoms with E-state index < -0.39 is 23.1 Å². The van der Waals surface area contributed by atoms with Crippen LogP contribution in [-0.2, 0) is 13.5 Å². The van der Waals surface area contributed by atoms with Crippen molar-refractivity contribution in [3.8, 4) is 28.5 Å². The van der Waals surface area contributed by atoms with Gasteiger partial charge in [0.25, 0.3) is 0 Å². The van der Waals surface area contributed by atoms with Crippen LogP contribution in [0.1, 0.15) is 44.5 Å². The van der Waals surface area contributed by atoms with Crippen LogP contribution in [-0.4, -0.2) is 41.2 Å². The topological polar surface area (TPSA) is 79.7 Å². The first kappa shape index (κ1) is 22.5. The maximum absolute atomic E-state index is 14.3. The largest absolute Gasteiger partial charge is 0.496 e. The number of hydrogen-bond donors (Lipinski definition) is 0. The Kier molecular flexibility index (Phi) is 5.02. The van der Waals surface area contributed by atoms with Gasteiger partial charge in [-0.05, 0) is 31.4 Å². The number of aryl methyl sites for hydroxylation is 3. The Bertz CT molecular complexity index is 1370. The molecule has 0 fully saturated rings. The maximum atomic E-state index is 14.3. The van der Waals surface area contributed by atoms with Crippen LogP contribution in [0.15, 0.2) is 24.3 Å². The van der Waals surface area contributed by atoms with Gasteiger partial charge in [-0.2, -0.15) is 5.10 Å². The molecule has 1 aromatic heterocycles. The van der Waals surface area contributed by atoms with Crippen molar-refractivity contribution in [1.29, 1.82) is 0 Å². The average Bonchev–Trinajstić information content (AvgIpc) is 3.29. The molecule has 3 aromatic rings. The summed E-state index contributed by atoms with van der Waals surface area (Å²) in [6.07, 6.45) is 0.399. The van der Waals surface area contributed by atoms with Crippen LogP contribution in [0.5, 0.6) is 17.2 Å². The number of ketones is 2. The first-order chi connectivity index (χ1) is 16.2. The molecule has 0 bridgehead atoms. The summed E-state index contributed by atoms with van der Waals surface area (Å²) in [7, 11) is 4.74. The summed E-state index contributed by atoms with van der Waals surface area (Å²) in [5.41, 5.74) is 3.13. The van der Waals surface area contributed by atoms with Gasteiger partial charge in [-0.15, -0.1) is 0 Å². The van der Waals surface area contributed by atoms with E-state index in [0.29, 0.717) is 29.1 Å². The second-order valence-electron chi connectivity index (χ2n) is 8.96. The van der Waals surface area contributed by atoms with Gasteiger partial charge in [-0.25, -0.2) is 0 Å². The van der Waals surface area contributed by atoms with Gasteiger partial charge in [0.1, 0.15) is 22.1 Å². The highest BCUT2D eigenvalue weighted by molar-refractivity contribution is 6.36. The molecule has 0 amide bonds. The van der Waals surface area contributed by atoms with E-state index in [1.807, 2.05) is 46.0 Å². The monoisotopic (exact) mass is 480 g/mol. The maximum Gasteiger partial charge on any atom is 0.237 e. The first-order valence-corrected chi connectivity index (χ1v) is 11.4. The van der Waals surface area contributed by atoms with E-state index in [2.05, 4.69) is 5.10 Å². The Hall–Kier alpha value is -3.32. The molecule has 1 aliphatic heterocycles. The van der Waals surface area contributed by atoms with Gasteiger partial charge in [0, 0.05) is 24.6 Å². The van der Waals surface area contributed by atoms with Gasteiger partial charge in [-0.1, -0.05) is 36.7 Å². The Labute approximate surface area is 202 Å². The molecule has 0 N–H and O–H groups in total. The second kappa shape index (κ2) is 7.60. The number of carbonyl (C=O) groups excluding carboxylic acids is 2. The fourth-order valence-corrected chi connectivity index (χ4v) is 5.62. The van der Waals surface area contributed by atoms with Crippen molar-refractivity contribution in [2.45, 2.75) is 32.8 Å². The van der Waals surface area contributed by atoms with Gasteiger partial charge in [0.05, 0.1) is 31.2 Å². The van der Waals surface area contributed by atoms with Crippen molar-refractivity contribution in [2.75, 3.05) is 14.2 Å². The summed E-state index contributed by atoms with van der Waals surface area (Å²) >= 11 is 6.53. The van der Waals surface area contributed by atoms with Crippen LogP contribution in [0.25, 0.3) is 11.3 Å². The number of fused-ring (bicyclic) bond motifs is 2. The lowest BCUT2D eigenvalue weighted by Gasteiger charge is -2.35. The lowest BCUT2D eigenvalue weighted by molar-refractivity contribution is 0.0259. The molecule has 2 aromatic carbocycles. The minimum atomic E-state index is -1.76. The number of ether oxygens (including phenoxy) is 3. The summed E-state index contributed by atoms with van der Waals surface area (Å²) in [6.45, 7) is 5.82. The number of aromatic nitrogens is 2. The molecule has 34 heavy (non-hydrogen) atoms. The van der Waals surface area contributed by atoms with E-state index in [0.717, 1.165) is 16.7 Å². The zero-order valence-electron chi connectivity index (χ0n) is 19.9. The fraction of sp³-hybridized carbons (Fsp3) is 0.346. The summed E-state index contributed by atoms with van der Waals surface area (Å²) in [5.74, 6) is -0.668. The minimum absolute atomic E-state index is 0.115. The smallest absolute Gasteiger partial charge is 0.237 e. The highest BCUT2D eigenvalue weighted by atomic mass is 35.5. The first-order valence-electron chi connectivity index (χ1n) is 11.0. The molecular weight excluding hydrogens is 456 g/mol. The predicted octanol–water partition coefficient (Wildman–Crippen LogP) is 4.76. The van der Waals surface area contributed by atoms with Crippen molar-refractivity contribution in [3.63, 3.8) is 0 Å². The normalized spacial score (nSPS) is 20.9. The third-order valence-corrected chi connectivity index (χ3v) is 7.37. The van der Waals surface area contributed by atoms with Gasteiger partial charge in [0.15, 0.2) is 5.75 Å². The van der Waals surface area contributed by atoms with E-state index in [1.54, 1.807) is 4.68 Å². The van der Waals surface area contributed by atoms with Crippen molar-refractivity contribution in [3.05, 3.63) is 57.2 Å². The SMILES string of the molecule is COc1cc(OC)c2c(c1Cl)O[C@]1(C2=O)C(=O)c2c(nn(C)c2-c2c(C)cccc2C)C[C@H]1C. The lowest BCUT2D eigenvalue weighted by Crippen LogP contribution is -2.56. The number of carbonyl (C=O) groups is 2. The Balaban J connectivity index is 1.75. The Morgan fingerprint density at radius 1 is 1.06 bits per heavy atom. The highest BCUT2D eigenvalue weighted by Crippen LogP contribution is 2.54. The molecule has 2 heterocycles. The molecule has 176 valence electrons. The molecule has 7 nitrogen and oxygen atoms in total. The molecule has 0 radical (unpaired) electrons. The fourth-order valence-electron chi connectivity index (χ4n) is 5.35. The molecule has 0 saturated carbocycles. The lowest BCUT2D eigenvalue weighted by atomic mass is 9.70. The van der Waals surface area contributed by atoms with Gasteiger partial charge in [0.2, 0.25) is 17.2 Å². The molecule has 0 unspecified atom stereocenters. The molecule has 1 spiro atoms. The zero-order valence-corrected chi connectivity index (χ0v) is 20.7. The standard InChI is InChI=1S/C26H25ClN2O5/c1-12-8-7-9-13(2)18(12)22-19-15(28-29(22)4)10-14(3)26(24(19)30)25(31)20-16(32-5)11-17(33-6)21(27)23(20)34-26/h7-9,11,14H,10H2,1-6H3/t14-,26+/m1/s1. The van der Waals surface area contributed by atoms with Crippen LogP contribution in [0.2, 0.25) is 5.02 Å². The van der Waals surface area contributed by atoms with Gasteiger partial charge < -0.3 is 14.2 Å². The van der Waals surface area contributed by atoms with Crippen LogP contribution in [0, 0.1) is 19.8 Å². The number of nitrogens with zero attached hydrogens (tertiary/aromatic N) is 2. The van der Waals surface area contributed by atoms with Crippen LogP contribution >= 0.6 is 11.6 Å². The highest BCUT2D eigenvalue weighted by Gasteiger charge is 2.62. The van der Waals surface area contributed by atoms with Crippen molar-refractivity contribution in [1.82, 2.24) is 9.78 Å². The van der Waals surface area contributed by atoms with Crippen LogP contribution in [0.3, 0.4) is 0 Å². The summed E-state index contributed by atoms with van der Waals surface area (Å²) in [6, 6.07) is 7.51. The van der Waals surface area contributed by atoms with E-state index in [9.17, 15) is 9.59 Å². The second-order valence-corrected chi connectivity index (χ2v) is 9.34. The van der Waals surface area contributed by atoms with Gasteiger partial charge >= 0.3 is 0 Å². The van der Waals surface area contributed by atoms with E-state index in [-0.39, 0.29) is 22.1 Å². The van der Waals surface area contributed by atoms with Crippen molar-refractivity contribution in [2.24, 2.45) is 13.0 Å². The molecule has 5 rings (SSSR count). The number of rotatable bonds is 3. The van der Waals surface area contributed by atoms with Crippen LogP contribution < -0.4 is 14.2 Å². The van der Waals surface area contributed by atoms with E-state index in [1.165, 1.54) is 20.3 Å². The number of benzene rings is 2. The summed E-state index contributed by atoms with van der Waals surface area (Å²) in [4.78, 5) is 28.3. The molecule has 1 aliphatic carbocycles. The molecular formula is C26H25ClN2O5. The van der Waals surface area contributed by atoms with E-state index >= 15 is 0 Å². The summed E-state index contributed by atoms with van der Waals surface area (Å²) in [5, 5.41) is 4.81. The molecule has 0 saturated heterocycles. The molecule has 2 aliphatic rings. The van der Waals surface area contributed by atoms with Crippen molar-refractivity contribution >= 4 is 23.2 Å². The zero-order chi connectivity index (χ0) is 24.5.